The van der Waals surface area contributed by atoms with Crippen molar-refractivity contribution in [2.45, 2.75) is 38.8 Å². The lowest BCUT2D eigenvalue weighted by molar-refractivity contribution is -0.123. The van der Waals surface area contributed by atoms with Crippen LogP contribution in [0.3, 0.4) is 0 Å². The molecule has 2 heterocycles. The number of carbonyl (C=O) groups excluding carboxylic acids is 1. The highest BCUT2D eigenvalue weighted by molar-refractivity contribution is 5.83. The van der Waals surface area contributed by atoms with Crippen LogP contribution in [0.25, 0.3) is 10.9 Å². The number of nitrogen functional groups attached to an aromatic ring is 1. The summed E-state index contributed by atoms with van der Waals surface area (Å²) < 4.78 is 0. The molecule has 3 rings (SSSR count). The Bertz CT molecular complexity index is 913. The Hall–Kier alpha value is -2.99. The lowest BCUT2D eigenvalue weighted by atomic mass is 10.1. The van der Waals surface area contributed by atoms with Crippen LogP contribution in [0.15, 0.2) is 54.7 Å². The molecule has 1 amide bonds. The third-order valence-electron chi connectivity index (χ3n) is 4.61. The molecular formula is C22H27N5O. The minimum absolute atomic E-state index is 0.0509. The van der Waals surface area contributed by atoms with E-state index in [-0.39, 0.29) is 5.91 Å². The molecule has 1 atom stereocenters. The summed E-state index contributed by atoms with van der Waals surface area (Å²) in [7, 11) is 0. The lowest BCUT2D eigenvalue weighted by Gasteiger charge is -2.18. The van der Waals surface area contributed by atoms with Gasteiger partial charge in [-0.25, -0.2) is 4.98 Å². The molecule has 6 nitrogen and oxygen atoms in total. The predicted octanol–water partition coefficient (Wildman–Crippen LogP) is 3.35. The molecule has 0 fully saturated rings. The van der Waals surface area contributed by atoms with E-state index in [0.717, 1.165) is 35.7 Å². The molecule has 0 aliphatic heterocycles. The first-order chi connectivity index (χ1) is 13.7. The molecule has 146 valence electrons. The Morgan fingerprint density at radius 3 is 2.82 bits per heavy atom. The van der Waals surface area contributed by atoms with Crippen LogP contribution in [0.5, 0.6) is 0 Å². The topological polar surface area (TPSA) is 92.9 Å². The average Bonchev–Trinajstić information content (AvgIpc) is 2.72. The van der Waals surface area contributed by atoms with Crippen molar-refractivity contribution in [2.24, 2.45) is 0 Å². The monoisotopic (exact) mass is 377 g/mol. The molecule has 0 saturated heterocycles. The third kappa shape index (κ3) is 5.27. The van der Waals surface area contributed by atoms with Gasteiger partial charge in [0.05, 0.1) is 11.2 Å². The van der Waals surface area contributed by atoms with Gasteiger partial charge < -0.3 is 11.1 Å². The molecule has 0 aliphatic carbocycles. The van der Waals surface area contributed by atoms with E-state index >= 15 is 0 Å². The van der Waals surface area contributed by atoms with E-state index in [4.69, 9.17) is 5.73 Å². The summed E-state index contributed by atoms with van der Waals surface area (Å²) in [6.07, 6.45) is 4.93. The summed E-state index contributed by atoms with van der Waals surface area (Å²) in [4.78, 5) is 21.4. The van der Waals surface area contributed by atoms with Gasteiger partial charge in [0, 0.05) is 24.7 Å². The van der Waals surface area contributed by atoms with E-state index in [9.17, 15) is 4.79 Å². The summed E-state index contributed by atoms with van der Waals surface area (Å²) >= 11 is 0. The van der Waals surface area contributed by atoms with Gasteiger partial charge >= 0.3 is 0 Å². The highest BCUT2D eigenvalue weighted by Gasteiger charge is 2.20. The normalized spacial score (nSPS) is 12.0. The number of nitrogens with zero attached hydrogens (tertiary/aromatic N) is 2. The van der Waals surface area contributed by atoms with E-state index in [1.165, 1.54) is 0 Å². The Labute approximate surface area is 165 Å². The van der Waals surface area contributed by atoms with Crippen LogP contribution >= 0.6 is 0 Å². The van der Waals surface area contributed by atoms with Crippen LogP contribution in [-0.2, 0) is 11.3 Å². The van der Waals surface area contributed by atoms with E-state index in [0.29, 0.717) is 24.6 Å². The summed E-state index contributed by atoms with van der Waals surface area (Å²) in [5.41, 5.74) is 8.38. The molecule has 1 aromatic carbocycles. The van der Waals surface area contributed by atoms with Crippen molar-refractivity contribution in [3.63, 3.8) is 0 Å². The zero-order valence-corrected chi connectivity index (χ0v) is 16.2. The van der Waals surface area contributed by atoms with Crippen molar-refractivity contribution in [3.8, 4) is 0 Å². The number of rotatable bonds is 9. The fourth-order valence-corrected chi connectivity index (χ4v) is 3.09. The van der Waals surface area contributed by atoms with Crippen molar-refractivity contribution in [1.29, 1.82) is 0 Å². The van der Waals surface area contributed by atoms with Gasteiger partial charge in [0.1, 0.15) is 11.9 Å². The SMILES string of the molecule is CCCCCNC(=O)C(NCc1ccc2nc(N)ccc2c1)c1ccccn1. The minimum atomic E-state index is -0.497. The Kier molecular flexibility index (Phi) is 6.92. The Morgan fingerprint density at radius 2 is 2.04 bits per heavy atom. The summed E-state index contributed by atoms with van der Waals surface area (Å²) in [6, 6.07) is 14.9. The van der Waals surface area contributed by atoms with Gasteiger partial charge in [-0.05, 0) is 48.4 Å². The summed E-state index contributed by atoms with van der Waals surface area (Å²) in [6.45, 7) is 3.37. The molecule has 6 heteroatoms. The molecule has 4 N–H and O–H groups in total. The second kappa shape index (κ2) is 9.80. The number of unbranched alkanes of at least 4 members (excludes halogenated alkanes) is 2. The number of benzene rings is 1. The van der Waals surface area contributed by atoms with Crippen LogP contribution in [0.1, 0.15) is 43.5 Å². The molecule has 0 bridgehead atoms. The van der Waals surface area contributed by atoms with Crippen LogP contribution < -0.4 is 16.4 Å². The number of amides is 1. The molecule has 0 radical (unpaired) electrons. The maximum atomic E-state index is 12.7. The van der Waals surface area contributed by atoms with Gasteiger partial charge in [-0.15, -0.1) is 0 Å². The smallest absolute Gasteiger partial charge is 0.243 e. The van der Waals surface area contributed by atoms with Crippen molar-refractivity contribution in [2.75, 3.05) is 12.3 Å². The number of carbonyl (C=O) groups is 1. The van der Waals surface area contributed by atoms with Crippen molar-refractivity contribution in [1.82, 2.24) is 20.6 Å². The third-order valence-corrected chi connectivity index (χ3v) is 4.61. The number of anilines is 1. The van der Waals surface area contributed by atoms with Crippen LogP contribution in [0.2, 0.25) is 0 Å². The zero-order chi connectivity index (χ0) is 19.8. The number of aromatic nitrogens is 2. The number of pyridine rings is 2. The Morgan fingerprint density at radius 1 is 1.14 bits per heavy atom. The van der Waals surface area contributed by atoms with Crippen LogP contribution in [-0.4, -0.2) is 22.4 Å². The first-order valence-electron chi connectivity index (χ1n) is 9.74. The second-order valence-corrected chi connectivity index (χ2v) is 6.83. The van der Waals surface area contributed by atoms with Crippen LogP contribution in [0.4, 0.5) is 5.82 Å². The van der Waals surface area contributed by atoms with Gasteiger partial charge in [-0.1, -0.05) is 31.9 Å². The highest BCUT2D eigenvalue weighted by atomic mass is 16.2. The van der Waals surface area contributed by atoms with Gasteiger partial charge in [0.15, 0.2) is 0 Å². The predicted molar refractivity (Wildman–Crippen MR) is 113 cm³/mol. The summed E-state index contributed by atoms with van der Waals surface area (Å²) in [5.74, 6) is 0.457. The van der Waals surface area contributed by atoms with Gasteiger partial charge in [0.25, 0.3) is 0 Å². The number of hydrogen-bond acceptors (Lipinski definition) is 5. The van der Waals surface area contributed by atoms with Crippen LogP contribution in [0, 0.1) is 0 Å². The van der Waals surface area contributed by atoms with Gasteiger partial charge in [-0.3, -0.25) is 15.1 Å². The van der Waals surface area contributed by atoms with Crippen molar-refractivity contribution < 1.29 is 4.79 Å². The number of hydrogen-bond donors (Lipinski definition) is 3. The standard InChI is InChI=1S/C22H27N5O/c1-2-3-5-13-25-22(28)21(19-7-4-6-12-24-19)26-15-16-8-10-18-17(14-16)9-11-20(23)27-18/h4,6-12,14,21,26H,2-3,5,13,15H2,1H3,(H2,23,27)(H,25,28). The quantitative estimate of drug-likeness (QED) is 0.497. The molecular weight excluding hydrogens is 350 g/mol. The van der Waals surface area contributed by atoms with Crippen molar-refractivity contribution >= 4 is 22.6 Å². The fraction of sp³-hybridized carbons (Fsp3) is 0.318. The number of fused-ring (bicyclic) bond motifs is 1. The molecule has 1 unspecified atom stereocenters. The Balaban J connectivity index is 1.70. The molecule has 0 aliphatic rings. The highest BCUT2D eigenvalue weighted by Crippen LogP contribution is 2.17. The molecule has 0 spiro atoms. The van der Waals surface area contributed by atoms with Gasteiger partial charge in [-0.2, -0.15) is 0 Å². The molecule has 0 saturated carbocycles. The number of nitrogens with one attached hydrogen (secondary N) is 2. The maximum absolute atomic E-state index is 12.7. The van der Waals surface area contributed by atoms with E-state index in [1.54, 1.807) is 12.3 Å². The number of nitrogens with two attached hydrogens (primary N) is 1. The fourth-order valence-electron chi connectivity index (χ4n) is 3.09. The lowest BCUT2D eigenvalue weighted by Crippen LogP contribution is -2.38. The van der Waals surface area contributed by atoms with E-state index in [2.05, 4.69) is 33.6 Å². The first-order valence-corrected chi connectivity index (χ1v) is 9.74. The van der Waals surface area contributed by atoms with Crippen molar-refractivity contribution in [3.05, 3.63) is 66.0 Å². The summed E-state index contributed by atoms with van der Waals surface area (Å²) in [5, 5.41) is 7.39. The first kappa shape index (κ1) is 19.8. The zero-order valence-electron chi connectivity index (χ0n) is 16.2. The van der Waals surface area contributed by atoms with Gasteiger partial charge in [0.2, 0.25) is 5.91 Å². The molecule has 3 aromatic rings. The maximum Gasteiger partial charge on any atom is 0.243 e. The van der Waals surface area contributed by atoms with E-state index < -0.39 is 6.04 Å². The minimum Gasteiger partial charge on any atom is -0.384 e. The molecule has 28 heavy (non-hydrogen) atoms. The molecule has 2 aromatic heterocycles. The average molecular weight is 377 g/mol. The van der Waals surface area contributed by atoms with E-state index in [1.807, 2.05) is 36.4 Å². The second-order valence-electron chi connectivity index (χ2n) is 6.83. The largest absolute Gasteiger partial charge is 0.384 e.